The van der Waals surface area contributed by atoms with E-state index in [4.69, 9.17) is 0 Å². The summed E-state index contributed by atoms with van der Waals surface area (Å²) in [5.41, 5.74) is 5.85. The molecule has 3 aromatic rings. The molecule has 1 aromatic carbocycles. The molecule has 0 aliphatic heterocycles. The van der Waals surface area contributed by atoms with Gasteiger partial charge in [0.05, 0.1) is 12.1 Å². The number of carbonyl (C=O) groups excluding carboxylic acids is 1. The zero-order chi connectivity index (χ0) is 15.7. The monoisotopic (exact) mass is 293 g/mol. The van der Waals surface area contributed by atoms with Crippen molar-refractivity contribution in [2.24, 2.45) is 0 Å². The average molecular weight is 293 g/mol. The van der Waals surface area contributed by atoms with E-state index < -0.39 is 0 Å². The van der Waals surface area contributed by atoms with E-state index in [1.807, 2.05) is 67.9 Å². The lowest BCUT2D eigenvalue weighted by Gasteiger charge is -2.08. The van der Waals surface area contributed by atoms with Crippen LogP contribution in [0.3, 0.4) is 0 Å². The third-order valence-electron chi connectivity index (χ3n) is 3.67. The standard InChI is InChI=1S/C18H19N3O/c1-12-4-5-14(3)16(8-12)20-18(22)10-15-11-21-7-6-13(2)9-17(21)19-15/h4-9,11H,10H2,1-3H3,(H,20,22). The Bertz CT molecular complexity index is 849. The first-order valence-electron chi connectivity index (χ1n) is 7.32. The smallest absolute Gasteiger partial charge is 0.230 e. The molecule has 2 aromatic heterocycles. The summed E-state index contributed by atoms with van der Waals surface area (Å²) in [6.45, 7) is 6.03. The van der Waals surface area contributed by atoms with Crippen LogP contribution in [-0.2, 0) is 11.2 Å². The van der Waals surface area contributed by atoms with Gasteiger partial charge in [-0.25, -0.2) is 4.98 Å². The molecule has 3 rings (SSSR count). The normalized spacial score (nSPS) is 10.9. The number of hydrogen-bond acceptors (Lipinski definition) is 2. The second-order valence-electron chi connectivity index (χ2n) is 5.75. The molecule has 0 spiro atoms. The Morgan fingerprint density at radius 3 is 2.73 bits per heavy atom. The van der Waals surface area contributed by atoms with Gasteiger partial charge in [-0.2, -0.15) is 0 Å². The lowest BCUT2D eigenvalue weighted by Crippen LogP contribution is -2.15. The van der Waals surface area contributed by atoms with E-state index in [1.165, 1.54) is 0 Å². The van der Waals surface area contributed by atoms with E-state index in [0.29, 0.717) is 0 Å². The molecule has 112 valence electrons. The minimum atomic E-state index is -0.0474. The lowest BCUT2D eigenvalue weighted by molar-refractivity contribution is -0.115. The number of hydrogen-bond donors (Lipinski definition) is 1. The predicted molar refractivity (Wildman–Crippen MR) is 88.2 cm³/mol. The van der Waals surface area contributed by atoms with Crippen LogP contribution in [-0.4, -0.2) is 15.3 Å². The van der Waals surface area contributed by atoms with Crippen molar-refractivity contribution >= 4 is 17.2 Å². The first-order chi connectivity index (χ1) is 10.5. The van der Waals surface area contributed by atoms with Gasteiger partial charge in [0.1, 0.15) is 5.65 Å². The van der Waals surface area contributed by atoms with Gasteiger partial charge in [0.15, 0.2) is 0 Å². The number of nitrogens with zero attached hydrogens (tertiary/aromatic N) is 2. The third-order valence-corrected chi connectivity index (χ3v) is 3.67. The number of nitrogens with one attached hydrogen (secondary N) is 1. The Hall–Kier alpha value is -2.62. The molecule has 4 heteroatoms. The Kier molecular flexibility index (Phi) is 3.67. The van der Waals surface area contributed by atoms with E-state index in [1.54, 1.807) is 0 Å². The average Bonchev–Trinajstić information content (AvgIpc) is 2.84. The summed E-state index contributed by atoms with van der Waals surface area (Å²) in [6, 6.07) is 10.1. The summed E-state index contributed by atoms with van der Waals surface area (Å²) < 4.78 is 1.94. The number of amides is 1. The summed E-state index contributed by atoms with van der Waals surface area (Å²) >= 11 is 0. The highest BCUT2D eigenvalue weighted by atomic mass is 16.1. The zero-order valence-electron chi connectivity index (χ0n) is 13.1. The van der Waals surface area contributed by atoms with Crippen LogP contribution in [0.5, 0.6) is 0 Å². The number of aromatic nitrogens is 2. The molecule has 0 bridgehead atoms. The van der Waals surface area contributed by atoms with Crippen LogP contribution in [0.25, 0.3) is 5.65 Å². The number of benzene rings is 1. The molecule has 0 unspecified atom stereocenters. The van der Waals surface area contributed by atoms with Crippen LogP contribution >= 0.6 is 0 Å². The van der Waals surface area contributed by atoms with Crippen molar-refractivity contribution < 1.29 is 4.79 Å². The van der Waals surface area contributed by atoms with Gasteiger partial charge in [0, 0.05) is 18.1 Å². The van der Waals surface area contributed by atoms with Gasteiger partial charge in [-0.1, -0.05) is 12.1 Å². The number of carbonyl (C=O) groups is 1. The maximum Gasteiger partial charge on any atom is 0.230 e. The zero-order valence-corrected chi connectivity index (χ0v) is 13.1. The highest BCUT2D eigenvalue weighted by molar-refractivity contribution is 5.92. The van der Waals surface area contributed by atoms with Crippen molar-refractivity contribution in [2.45, 2.75) is 27.2 Å². The summed E-state index contributed by atoms with van der Waals surface area (Å²) in [4.78, 5) is 16.7. The molecule has 1 amide bonds. The number of rotatable bonds is 3. The van der Waals surface area contributed by atoms with Crippen LogP contribution in [0.2, 0.25) is 0 Å². The summed E-state index contributed by atoms with van der Waals surface area (Å²) in [7, 11) is 0. The van der Waals surface area contributed by atoms with Gasteiger partial charge >= 0.3 is 0 Å². The largest absolute Gasteiger partial charge is 0.325 e. The maximum atomic E-state index is 12.2. The van der Waals surface area contributed by atoms with Gasteiger partial charge in [0.25, 0.3) is 0 Å². The second-order valence-corrected chi connectivity index (χ2v) is 5.75. The van der Waals surface area contributed by atoms with Crippen LogP contribution in [0.4, 0.5) is 5.69 Å². The van der Waals surface area contributed by atoms with E-state index in [9.17, 15) is 4.79 Å². The van der Waals surface area contributed by atoms with Gasteiger partial charge in [0.2, 0.25) is 5.91 Å². The molecule has 1 N–H and O–H groups in total. The highest BCUT2D eigenvalue weighted by Crippen LogP contribution is 2.17. The van der Waals surface area contributed by atoms with E-state index in [-0.39, 0.29) is 12.3 Å². The first kappa shape index (κ1) is 14.3. The molecule has 0 atom stereocenters. The van der Waals surface area contributed by atoms with Gasteiger partial charge in [-0.3, -0.25) is 4.79 Å². The topological polar surface area (TPSA) is 46.4 Å². The van der Waals surface area contributed by atoms with Crippen molar-refractivity contribution in [1.29, 1.82) is 0 Å². The summed E-state index contributed by atoms with van der Waals surface area (Å²) in [5.74, 6) is -0.0474. The molecule has 0 aliphatic rings. The highest BCUT2D eigenvalue weighted by Gasteiger charge is 2.09. The molecular weight excluding hydrogens is 274 g/mol. The van der Waals surface area contributed by atoms with Crippen molar-refractivity contribution in [3.63, 3.8) is 0 Å². The Labute approximate surface area is 129 Å². The molecule has 0 fully saturated rings. The Balaban J connectivity index is 1.76. The molecule has 0 saturated carbocycles. The molecule has 0 radical (unpaired) electrons. The Morgan fingerprint density at radius 1 is 1.14 bits per heavy atom. The first-order valence-corrected chi connectivity index (χ1v) is 7.32. The fourth-order valence-electron chi connectivity index (χ4n) is 2.45. The number of aryl methyl sites for hydroxylation is 3. The fourth-order valence-corrected chi connectivity index (χ4v) is 2.45. The number of anilines is 1. The molecule has 0 aliphatic carbocycles. The lowest BCUT2D eigenvalue weighted by atomic mass is 10.1. The minimum Gasteiger partial charge on any atom is -0.325 e. The Morgan fingerprint density at radius 2 is 1.91 bits per heavy atom. The van der Waals surface area contributed by atoms with Crippen LogP contribution in [0.1, 0.15) is 22.4 Å². The van der Waals surface area contributed by atoms with Crippen LogP contribution < -0.4 is 5.32 Å². The third kappa shape index (κ3) is 3.01. The van der Waals surface area contributed by atoms with Gasteiger partial charge in [-0.15, -0.1) is 0 Å². The van der Waals surface area contributed by atoms with Crippen molar-refractivity contribution in [2.75, 3.05) is 5.32 Å². The molecule has 0 saturated heterocycles. The number of imidazole rings is 1. The minimum absolute atomic E-state index is 0.0474. The van der Waals surface area contributed by atoms with Crippen LogP contribution in [0, 0.1) is 20.8 Å². The van der Waals surface area contributed by atoms with Gasteiger partial charge in [-0.05, 0) is 55.7 Å². The number of fused-ring (bicyclic) bond motifs is 1. The summed E-state index contributed by atoms with van der Waals surface area (Å²) in [6.07, 6.45) is 4.13. The van der Waals surface area contributed by atoms with E-state index >= 15 is 0 Å². The molecule has 22 heavy (non-hydrogen) atoms. The molecule has 4 nitrogen and oxygen atoms in total. The maximum absolute atomic E-state index is 12.2. The predicted octanol–water partition coefficient (Wildman–Crippen LogP) is 3.44. The van der Waals surface area contributed by atoms with Crippen LogP contribution in [0.15, 0.2) is 42.7 Å². The molecule has 2 heterocycles. The number of pyridine rings is 1. The van der Waals surface area contributed by atoms with E-state index in [2.05, 4.69) is 10.3 Å². The van der Waals surface area contributed by atoms with Crippen molar-refractivity contribution in [3.05, 3.63) is 65.1 Å². The summed E-state index contributed by atoms with van der Waals surface area (Å²) in [5, 5.41) is 2.97. The molecular formula is C18H19N3O. The fraction of sp³-hybridized carbons (Fsp3) is 0.222. The van der Waals surface area contributed by atoms with E-state index in [0.717, 1.165) is 33.7 Å². The van der Waals surface area contributed by atoms with Crippen molar-refractivity contribution in [3.8, 4) is 0 Å². The quantitative estimate of drug-likeness (QED) is 0.804. The SMILES string of the molecule is Cc1ccc(C)c(NC(=O)Cc2cn3ccc(C)cc3n2)c1. The van der Waals surface area contributed by atoms with Crippen molar-refractivity contribution in [1.82, 2.24) is 9.38 Å². The second kappa shape index (κ2) is 5.64. The van der Waals surface area contributed by atoms with Gasteiger partial charge < -0.3 is 9.72 Å².